The van der Waals surface area contributed by atoms with Crippen LogP contribution in [-0.4, -0.2) is 55.5 Å². The number of carbonyl (C=O) groups excluding carboxylic acids is 1. The summed E-state index contributed by atoms with van der Waals surface area (Å²) in [5.74, 6) is 0.775. The molecule has 0 spiro atoms. The van der Waals surface area contributed by atoms with Gasteiger partial charge < -0.3 is 46.8 Å². The molecule has 0 aliphatic heterocycles. The SMILES string of the molecule is Cn1cc([N+](=O)[O-])nc1C[N+](C)(C)C/C=C/C(=O)Nc1ccc2ncnc(Nc3cccc(Br)c3)c2c1.[Br-]. The molecular weight excluding hydrogens is 620 g/mol. The predicted octanol–water partition coefficient (Wildman–Crippen LogP) is 1.55. The molecule has 0 aliphatic carbocycles. The van der Waals surface area contributed by atoms with Gasteiger partial charge in [-0.1, -0.05) is 22.0 Å². The van der Waals surface area contributed by atoms with Crippen LogP contribution in [0.4, 0.5) is 23.0 Å². The third-order valence-electron chi connectivity index (χ3n) is 5.58. The summed E-state index contributed by atoms with van der Waals surface area (Å²) in [4.78, 5) is 35.8. The average Bonchev–Trinajstić information content (AvgIpc) is 3.19. The maximum Gasteiger partial charge on any atom is 0.382 e. The number of nitro groups is 1. The van der Waals surface area contributed by atoms with E-state index in [-0.39, 0.29) is 28.7 Å². The summed E-state index contributed by atoms with van der Waals surface area (Å²) in [7, 11) is 5.66. The predicted molar refractivity (Wildman–Crippen MR) is 145 cm³/mol. The molecule has 13 heteroatoms. The first-order chi connectivity index (χ1) is 17.6. The van der Waals surface area contributed by atoms with Gasteiger partial charge in [-0.3, -0.25) is 4.79 Å². The van der Waals surface area contributed by atoms with Gasteiger partial charge in [0.25, 0.3) is 5.82 Å². The Balaban J connectivity index is 0.00000400. The zero-order valence-electron chi connectivity index (χ0n) is 20.9. The zero-order valence-corrected chi connectivity index (χ0v) is 24.1. The van der Waals surface area contributed by atoms with Gasteiger partial charge in [0.1, 0.15) is 18.3 Å². The smallest absolute Gasteiger partial charge is 0.382 e. The number of hydrogen-bond acceptors (Lipinski definition) is 7. The topological polar surface area (TPSA) is 128 Å². The molecule has 38 heavy (non-hydrogen) atoms. The van der Waals surface area contributed by atoms with Crippen molar-refractivity contribution in [2.45, 2.75) is 6.54 Å². The number of fused-ring (bicyclic) bond motifs is 1. The number of halogens is 2. The van der Waals surface area contributed by atoms with Crippen LogP contribution in [-0.2, 0) is 18.4 Å². The molecule has 0 atom stereocenters. The van der Waals surface area contributed by atoms with Crippen LogP contribution in [0.3, 0.4) is 0 Å². The summed E-state index contributed by atoms with van der Waals surface area (Å²) < 4.78 is 3.06. The van der Waals surface area contributed by atoms with Gasteiger partial charge in [0.15, 0.2) is 6.54 Å². The number of anilines is 3. The largest absolute Gasteiger partial charge is 1.00 e. The maximum absolute atomic E-state index is 12.6. The molecule has 0 radical (unpaired) electrons. The number of likely N-dealkylation sites (N-methyl/N-ethyl adjacent to an activating group) is 1. The van der Waals surface area contributed by atoms with Crippen LogP contribution < -0.4 is 27.6 Å². The Labute approximate surface area is 238 Å². The molecule has 2 aromatic carbocycles. The highest BCUT2D eigenvalue weighted by Crippen LogP contribution is 2.27. The molecule has 198 valence electrons. The first kappa shape index (κ1) is 28.9. The molecule has 0 fully saturated rings. The summed E-state index contributed by atoms with van der Waals surface area (Å²) in [6, 6.07) is 13.2. The molecule has 4 rings (SSSR count). The van der Waals surface area contributed by atoms with Crippen molar-refractivity contribution in [3.05, 3.63) is 87.6 Å². The Hall–Kier alpha value is -3.68. The van der Waals surface area contributed by atoms with Crippen LogP contribution >= 0.6 is 15.9 Å². The lowest BCUT2D eigenvalue weighted by atomic mass is 10.2. The van der Waals surface area contributed by atoms with Gasteiger partial charge in [-0.25, -0.2) is 9.97 Å². The summed E-state index contributed by atoms with van der Waals surface area (Å²) >= 11 is 3.47. The Kier molecular flexibility index (Phi) is 9.31. The van der Waals surface area contributed by atoms with Crippen molar-refractivity contribution in [3.8, 4) is 0 Å². The summed E-state index contributed by atoms with van der Waals surface area (Å²) in [5, 5.41) is 17.9. The number of imidazole rings is 1. The van der Waals surface area contributed by atoms with E-state index in [0.717, 1.165) is 21.1 Å². The van der Waals surface area contributed by atoms with Crippen LogP contribution in [0.25, 0.3) is 10.9 Å². The highest BCUT2D eigenvalue weighted by Gasteiger charge is 2.24. The number of nitrogens with one attached hydrogen (secondary N) is 2. The fourth-order valence-corrected chi connectivity index (χ4v) is 4.14. The van der Waals surface area contributed by atoms with E-state index in [1.165, 1.54) is 18.6 Å². The molecule has 2 heterocycles. The molecule has 0 bridgehead atoms. The van der Waals surface area contributed by atoms with E-state index in [1.807, 2.05) is 50.5 Å². The number of amides is 1. The van der Waals surface area contributed by atoms with Crippen molar-refractivity contribution < 1.29 is 31.2 Å². The van der Waals surface area contributed by atoms with Gasteiger partial charge in [-0.05, 0) is 52.4 Å². The van der Waals surface area contributed by atoms with Crippen molar-refractivity contribution in [1.82, 2.24) is 19.5 Å². The quantitative estimate of drug-likeness (QED) is 0.122. The van der Waals surface area contributed by atoms with Gasteiger partial charge in [0.05, 0.1) is 26.2 Å². The molecule has 2 N–H and O–H groups in total. The van der Waals surface area contributed by atoms with E-state index < -0.39 is 4.92 Å². The van der Waals surface area contributed by atoms with Gasteiger partial charge in [-0.2, -0.15) is 0 Å². The minimum atomic E-state index is -0.508. The molecule has 2 aromatic heterocycles. The molecule has 0 saturated heterocycles. The molecule has 0 aliphatic rings. The third-order valence-corrected chi connectivity index (χ3v) is 6.07. The number of hydrogen-bond donors (Lipinski definition) is 2. The molecule has 0 unspecified atom stereocenters. The lowest BCUT2D eigenvalue weighted by molar-refractivity contribution is -0.898. The Morgan fingerprint density at radius 3 is 2.68 bits per heavy atom. The van der Waals surface area contributed by atoms with Crippen LogP contribution in [0.15, 0.2) is 71.6 Å². The van der Waals surface area contributed by atoms with E-state index in [0.29, 0.717) is 34.9 Å². The lowest BCUT2D eigenvalue weighted by Crippen LogP contribution is -3.00. The van der Waals surface area contributed by atoms with E-state index in [4.69, 9.17) is 0 Å². The Morgan fingerprint density at radius 2 is 1.97 bits per heavy atom. The van der Waals surface area contributed by atoms with Crippen LogP contribution in [0.1, 0.15) is 5.82 Å². The minimum absolute atomic E-state index is 0. The highest BCUT2D eigenvalue weighted by molar-refractivity contribution is 9.10. The number of nitrogens with zero attached hydrogens (tertiary/aromatic N) is 6. The highest BCUT2D eigenvalue weighted by atomic mass is 79.9. The second-order valence-corrected chi connectivity index (χ2v) is 10.1. The van der Waals surface area contributed by atoms with Crippen LogP contribution in [0, 0.1) is 10.1 Å². The number of rotatable bonds is 9. The van der Waals surface area contributed by atoms with Gasteiger partial charge in [0, 0.05) is 34.4 Å². The van der Waals surface area contributed by atoms with E-state index in [2.05, 4.69) is 41.5 Å². The monoisotopic (exact) mass is 644 g/mol. The lowest BCUT2D eigenvalue weighted by Gasteiger charge is -2.26. The first-order valence-corrected chi connectivity index (χ1v) is 12.1. The second kappa shape index (κ2) is 12.2. The van der Waals surface area contributed by atoms with E-state index >= 15 is 0 Å². The Bertz CT molecular complexity index is 1500. The van der Waals surface area contributed by atoms with Crippen molar-refractivity contribution in [2.75, 3.05) is 31.3 Å². The first-order valence-electron chi connectivity index (χ1n) is 11.3. The summed E-state index contributed by atoms with van der Waals surface area (Å²) in [6.45, 7) is 0.995. The Morgan fingerprint density at radius 1 is 1.18 bits per heavy atom. The third kappa shape index (κ3) is 7.43. The zero-order chi connectivity index (χ0) is 26.6. The van der Waals surface area contributed by atoms with E-state index in [1.54, 1.807) is 23.8 Å². The molecule has 11 nitrogen and oxygen atoms in total. The molecule has 1 amide bonds. The van der Waals surface area contributed by atoms with Gasteiger partial charge in [0.2, 0.25) is 5.91 Å². The molecule has 4 aromatic rings. The summed E-state index contributed by atoms with van der Waals surface area (Å²) in [5.41, 5.74) is 2.23. The normalized spacial score (nSPS) is 11.4. The number of aromatic nitrogens is 4. The van der Waals surface area contributed by atoms with Crippen LogP contribution in [0.5, 0.6) is 0 Å². The number of aryl methyl sites for hydroxylation is 1. The van der Waals surface area contributed by atoms with Crippen molar-refractivity contribution in [1.29, 1.82) is 0 Å². The molecular formula is C25H26Br2N8O3. The standard InChI is InChI=1S/C25H25BrN8O3.BrH/c1-32-14-22(33(36)37)31-23(32)15-34(2,3)11-5-8-24(35)29-19-9-10-21-20(13-19)25(28-16-27-21)30-18-7-4-6-17(26)12-18;/h4-10,12-14,16H,11,15H2,1-3H3,(H-,27,28,29,30,35);1H/b8-5+;. The van der Waals surface area contributed by atoms with Gasteiger partial charge in [-0.15, -0.1) is 0 Å². The fourth-order valence-electron chi connectivity index (χ4n) is 3.74. The summed E-state index contributed by atoms with van der Waals surface area (Å²) in [6.07, 6.45) is 6.14. The molecule has 0 saturated carbocycles. The van der Waals surface area contributed by atoms with E-state index in [9.17, 15) is 14.9 Å². The van der Waals surface area contributed by atoms with Crippen LogP contribution in [0.2, 0.25) is 0 Å². The maximum atomic E-state index is 12.6. The van der Waals surface area contributed by atoms with Crippen molar-refractivity contribution >= 4 is 55.8 Å². The average molecular weight is 646 g/mol. The van der Waals surface area contributed by atoms with Gasteiger partial charge >= 0.3 is 5.82 Å². The number of quaternary nitrogens is 1. The number of carbonyl (C=O) groups is 1. The minimum Gasteiger partial charge on any atom is -1.00 e. The number of benzene rings is 2. The van der Waals surface area contributed by atoms with Crippen molar-refractivity contribution in [2.24, 2.45) is 7.05 Å². The fraction of sp³-hybridized carbons (Fsp3) is 0.200. The van der Waals surface area contributed by atoms with Crippen molar-refractivity contribution in [3.63, 3.8) is 0 Å². The second-order valence-electron chi connectivity index (χ2n) is 9.14.